The molecule has 96 valence electrons. The van der Waals surface area contributed by atoms with E-state index in [4.69, 9.17) is 0 Å². The molecule has 5 heteroatoms. The Bertz CT molecular complexity index is 287. The smallest absolute Gasteiger partial charge is 0.226 e. The van der Waals surface area contributed by atoms with E-state index in [0.717, 1.165) is 38.6 Å². The molecule has 2 aliphatic heterocycles. The van der Waals surface area contributed by atoms with Crippen LogP contribution >= 0.6 is 0 Å². The maximum Gasteiger partial charge on any atom is 0.226 e. The molecule has 0 radical (unpaired) electrons. The highest BCUT2D eigenvalue weighted by Crippen LogP contribution is 2.24. The maximum atomic E-state index is 12.3. The Morgan fingerprint density at radius 2 is 1.94 bits per heavy atom. The van der Waals surface area contributed by atoms with Crippen LogP contribution in [0.2, 0.25) is 0 Å². The van der Waals surface area contributed by atoms with Gasteiger partial charge in [0.05, 0.1) is 12.6 Å². The Hall–Kier alpha value is -1.10. The molecule has 17 heavy (non-hydrogen) atoms. The number of likely N-dealkylation sites (tertiary alicyclic amines) is 2. The fourth-order valence-electron chi connectivity index (χ4n) is 2.80. The highest BCUT2D eigenvalue weighted by atomic mass is 16.3. The first-order valence-electron chi connectivity index (χ1n) is 6.37. The summed E-state index contributed by atoms with van der Waals surface area (Å²) in [4.78, 5) is 26.4. The molecule has 1 unspecified atom stereocenters. The topological polar surface area (TPSA) is 60.9 Å². The minimum atomic E-state index is 0.0200. The van der Waals surface area contributed by atoms with E-state index in [9.17, 15) is 14.7 Å². The summed E-state index contributed by atoms with van der Waals surface area (Å²) in [6.45, 7) is 2.20. The van der Waals surface area contributed by atoms with Crippen LogP contribution in [0.5, 0.6) is 0 Å². The van der Waals surface area contributed by atoms with Gasteiger partial charge in [-0.25, -0.2) is 0 Å². The van der Waals surface area contributed by atoms with E-state index < -0.39 is 0 Å². The van der Waals surface area contributed by atoms with Gasteiger partial charge < -0.3 is 14.9 Å². The van der Waals surface area contributed by atoms with E-state index in [-0.39, 0.29) is 24.5 Å². The molecule has 0 aliphatic carbocycles. The first-order chi connectivity index (χ1) is 8.26. The number of nitrogens with zero attached hydrogens (tertiary/aromatic N) is 2. The molecule has 1 N–H and O–H groups in total. The van der Waals surface area contributed by atoms with E-state index >= 15 is 0 Å². The summed E-state index contributed by atoms with van der Waals surface area (Å²) < 4.78 is 0. The van der Waals surface area contributed by atoms with Crippen molar-refractivity contribution in [1.29, 1.82) is 0 Å². The van der Waals surface area contributed by atoms with Gasteiger partial charge in [-0.3, -0.25) is 9.59 Å². The van der Waals surface area contributed by atoms with Crippen LogP contribution in [0, 0.1) is 5.92 Å². The van der Waals surface area contributed by atoms with Gasteiger partial charge in [-0.15, -0.1) is 0 Å². The molecule has 2 saturated heterocycles. The van der Waals surface area contributed by atoms with Gasteiger partial charge in [0.25, 0.3) is 0 Å². The normalized spacial score (nSPS) is 26.3. The summed E-state index contributed by atoms with van der Waals surface area (Å²) in [5.74, 6) is 0.213. The Balaban J connectivity index is 1.90. The first-order valence-corrected chi connectivity index (χ1v) is 6.37. The predicted molar refractivity (Wildman–Crippen MR) is 62.2 cm³/mol. The second kappa shape index (κ2) is 5.49. The molecule has 0 saturated carbocycles. The third-order valence-electron chi connectivity index (χ3n) is 3.90. The van der Waals surface area contributed by atoms with Crippen LogP contribution in [0.25, 0.3) is 0 Å². The van der Waals surface area contributed by atoms with Crippen molar-refractivity contribution in [2.45, 2.75) is 31.7 Å². The number of rotatable bonds is 3. The standard InChI is InChI=1S/C12H20N2O3/c15-8-11-2-1-5-14(11)12(17)10-3-6-13(9-16)7-4-10/h9-11,15H,1-8H2. The zero-order valence-electron chi connectivity index (χ0n) is 10.0. The van der Waals surface area contributed by atoms with Crippen molar-refractivity contribution in [1.82, 2.24) is 9.80 Å². The largest absolute Gasteiger partial charge is 0.394 e. The van der Waals surface area contributed by atoms with Crippen LogP contribution in [0.1, 0.15) is 25.7 Å². The van der Waals surface area contributed by atoms with Crippen LogP contribution in [0.4, 0.5) is 0 Å². The molecule has 2 amide bonds. The minimum Gasteiger partial charge on any atom is -0.394 e. The number of aliphatic hydroxyl groups excluding tert-OH is 1. The van der Waals surface area contributed by atoms with E-state index in [1.165, 1.54) is 0 Å². The summed E-state index contributed by atoms with van der Waals surface area (Å²) in [5, 5.41) is 9.22. The molecule has 0 aromatic rings. The number of carbonyl (C=O) groups excluding carboxylic acids is 2. The molecule has 2 heterocycles. The lowest BCUT2D eigenvalue weighted by Crippen LogP contribution is -2.45. The number of aliphatic hydroxyl groups is 1. The highest BCUT2D eigenvalue weighted by molar-refractivity contribution is 5.79. The molecular weight excluding hydrogens is 220 g/mol. The molecule has 1 atom stereocenters. The lowest BCUT2D eigenvalue weighted by molar-refractivity contribution is -0.139. The SMILES string of the molecule is O=CN1CCC(C(=O)N2CCCC2CO)CC1. The lowest BCUT2D eigenvalue weighted by atomic mass is 9.95. The molecule has 0 spiro atoms. The molecule has 5 nitrogen and oxygen atoms in total. The van der Waals surface area contributed by atoms with Gasteiger partial charge in [0.1, 0.15) is 0 Å². The van der Waals surface area contributed by atoms with Gasteiger partial charge in [0.15, 0.2) is 0 Å². The molecule has 0 bridgehead atoms. The summed E-state index contributed by atoms with van der Waals surface area (Å²) in [6, 6.07) is 0.0200. The molecule has 2 rings (SSSR count). The summed E-state index contributed by atoms with van der Waals surface area (Å²) in [7, 11) is 0. The first kappa shape index (κ1) is 12.4. The maximum absolute atomic E-state index is 12.3. The third kappa shape index (κ3) is 2.60. The summed E-state index contributed by atoms with van der Waals surface area (Å²) in [5.41, 5.74) is 0. The van der Waals surface area contributed by atoms with E-state index in [2.05, 4.69) is 0 Å². The van der Waals surface area contributed by atoms with Crippen molar-refractivity contribution in [3.8, 4) is 0 Å². The van der Waals surface area contributed by atoms with E-state index in [1.54, 1.807) is 4.90 Å². The number of hydrogen-bond donors (Lipinski definition) is 1. The van der Waals surface area contributed by atoms with Crippen LogP contribution in [-0.4, -0.2) is 59.5 Å². The predicted octanol–water partition coefficient (Wildman–Crippen LogP) is -0.162. The molecular formula is C12H20N2O3. The molecule has 2 fully saturated rings. The van der Waals surface area contributed by atoms with Crippen molar-refractivity contribution >= 4 is 12.3 Å². The Labute approximate surface area is 101 Å². The van der Waals surface area contributed by atoms with Crippen molar-refractivity contribution in [3.05, 3.63) is 0 Å². The van der Waals surface area contributed by atoms with Crippen LogP contribution in [0.3, 0.4) is 0 Å². The fourth-order valence-corrected chi connectivity index (χ4v) is 2.80. The minimum absolute atomic E-state index is 0.0200. The molecule has 0 aromatic carbocycles. The van der Waals surface area contributed by atoms with Gasteiger partial charge in [-0.2, -0.15) is 0 Å². The number of amides is 2. The van der Waals surface area contributed by atoms with Gasteiger partial charge in [-0.05, 0) is 25.7 Å². The van der Waals surface area contributed by atoms with Crippen LogP contribution in [-0.2, 0) is 9.59 Å². The second-order valence-corrected chi connectivity index (χ2v) is 4.93. The quantitative estimate of drug-likeness (QED) is 0.697. The van der Waals surface area contributed by atoms with Gasteiger partial charge in [0.2, 0.25) is 12.3 Å². The Morgan fingerprint density at radius 1 is 1.24 bits per heavy atom. The van der Waals surface area contributed by atoms with Crippen molar-refractivity contribution in [2.75, 3.05) is 26.2 Å². The number of hydrogen-bond acceptors (Lipinski definition) is 3. The van der Waals surface area contributed by atoms with Crippen molar-refractivity contribution < 1.29 is 14.7 Å². The zero-order chi connectivity index (χ0) is 12.3. The summed E-state index contributed by atoms with van der Waals surface area (Å²) in [6.07, 6.45) is 4.27. The Kier molecular flexibility index (Phi) is 3.99. The fraction of sp³-hybridized carbons (Fsp3) is 0.833. The number of piperidine rings is 1. The third-order valence-corrected chi connectivity index (χ3v) is 3.90. The molecule has 2 aliphatic rings. The number of carbonyl (C=O) groups is 2. The second-order valence-electron chi connectivity index (χ2n) is 4.93. The van der Waals surface area contributed by atoms with Crippen molar-refractivity contribution in [3.63, 3.8) is 0 Å². The van der Waals surface area contributed by atoms with Crippen molar-refractivity contribution in [2.24, 2.45) is 5.92 Å². The lowest BCUT2D eigenvalue weighted by Gasteiger charge is -2.33. The average Bonchev–Trinajstić information content (AvgIpc) is 2.86. The highest BCUT2D eigenvalue weighted by Gasteiger charge is 2.34. The summed E-state index contributed by atoms with van der Waals surface area (Å²) >= 11 is 0. The van der Waals surface area contributed by atoms with Crippen LogP contribution < -0.4 is 0 Å². The molecule has 0 aromatic heterocycles. The monoisotopic (exact) mass is 240 g/mol. The van der Waals surface area contributed by atoms with Gasteiger partial charge in [0, 0.05) is 25.6 Å². The van der Waals surface area contributed by atoms with Crippen LogP contribution in [0.15, 0.2) is 0 Å². The van der Waals surface area contributed by atoms with Gasteiger partial charge in [-0.1, -0.05) is 0 Å². The van der Waals surface area contributed by atoms with Gasteiger partial charge >= 0.3 is 0 Å². The average molecular weight is 240 g/mol. The Morgan fingerprint density at radius 3 is 2.53 bits per heavy atom. The van der Waals surface area contributed by atoms with E-state index in [0.29, 0.717) is 13.1 Å². The van der Waals surface area contributed by atoms with E-state index in [1.807, 2.05) is 4.90 Å². The zero-order valence-corrected chi connectivity index (χ0v) is 10.0.